The van der Waals surface area contributed by atoms with Gasteiger partial charge in [0.15, 0.2) is 5.69 Å². The summed E-state index contributed by atoms with van der Waals surface area (Å²) in [6.07, 6.45) is 3.04. The first-order valence-electron chi connectivity index (χ1n) is 11.9. The molecule has 184 valence electrons. The lowest BCUT2D eigenvalue weighted by molar-refractivity contribution is -0.0132. The van der Waals surface area contributed by atoms with Gasteiger partial charge in [-0.15, -0.1) is 0 Å². The number of amides is 2. The third-order valence-electron chi connectivity index (χ3n) is 7.47. The van der Waals surface area contributed by atoms with E-state index >= 15 is 0 Å². The van der Waals surface area contributed by atoms with Crippen LogP contribution >= 0.6 is 0 Å². The van der Waals surface area contributed by atoms with Gasteiger partial charge in [0.25, 0.3) is 11.8 Å². The highest BCUT2D eigenvalue weighted by molar-refractivity contribution is 7.88. The largest absolute Gasteiger partial charge is 0.378 e. The smallest absolute Gasteiger partial charge is 0.272 e. The van der Waals surface area contributed by atoms with Crippen LogP contribution in [0.3, 0.4) is 0 Å². The van der Waals surface area contributed by atoms with E-state index in [0.29, 0.717) is 56.1 Å². The summed E-state index contributed by atoms with van der Waals surface area (Å²) in [6, 6.07) is 9.07. The summed E-state index contributed by atoms with van der Waals surface area (Å²) in [5.74, 6) is -0.492. The Bertz CT molecular complexity index is 1230. The Labute approximate surface area is 206 Å². The monoisotopic (exact) mass is 495 g/mol. The van der Waals surface area contributed by atoms with E-state index in [1.165, 1.54) is 4.68 Å². The molecule has 10 heteroatoms. The van der Waals surface area contributed by atoms with Gasteiger partial charge >= 0.3 is 0 Å². The van der Waals surface area contributed by atoms with Crippen molar-refractivity contribution in [2.24, 2.45) is 7.05 Å². The van der Waals surface area contributed by atoms with E-state index in [9.17, 15) is 13.8 Å². The molecule has 2 amide bonds. The van der Waals surface area contributed by atoms with Gasteiger partial charge in [-0.3, -0.25) is 18.5 Å². The average molecular weight is 496 g/mol. The molecule has 0 spiro atoms. The number of aryl methyl sites for hydroxylation is 1. The van der Waals surface area contributed by atoms with Gasteiger partial charge < -0.3 is 15.0 Å². The number of ether oxygens (including phenoxy) is 1. The van der Waals surface area contributed by atoms with E-state index in [1.807, 2.05) is 0 Å². The molecule has 35 heavy (non-hydrogen) atoms. The summed E-state index contributed by atoms with van der Waals surface area (Å²) in [4.78, 5) is 28.1. The van der Waals surface area contributed by atoms with E-state index in [0.717, 1.165) is 24.8 Å². The van der Waals surface area contributed by atoms with Gasteiger partial charge in [-0.2, -0.15) is 10.4 Å². The van der Waals surface area contributed by atoms with Crippen molar-refractivity contribution in [2.45, 2.75) is 48.6 Å². The molecule has 5 rings (SSSR count). The number of nitrogens with one attached hydrogen (secondary N) is 1. The first kappa shape index (κ1) is 23.7. The zero-order chi connectivity index (χ0) is 24.8. The molecule has 1 N–H and O–H groups in total. The number of nitrogens with zero attached hydrogens (tertiary/aromatic N) is 4. The molecule has 1 aromatic carbocycles. The minimum Gasteiger partial charge on any atom is -0.378 e. The fraction of sp³-hybridized carbons (Fsp3) is 0.520. The zero-order valence-electron chi connectivity index (χ0n) is 20.0. The quantitative estimate of drug-likeness (QED) is 0.596. The SMILES string of the molecule is CCC1(S(=O)C2(CN3CCc4c(C(=O)NCc5ccc(C#N)cc5)nn(C)c4C3=O)CC2)COC1. The van der Waals surface area contributed by atoms with Crippen LogP contribution in [0.15, 0.2) is 24.3 Å². The van der Waals surface area contributed by atoms with Crippen molar-refractivity contribution in [3.8, 4) is 6.07 Å². The van der Waals surface area contributed by atoms with Crippen molar-refractivity contribution >= 4 is 22.6 Å². The van der Waals surface area contributed by atoms with Crippen molar-refractivity contribution in [3.05, 3.63) is 52.3 Å². The molecule has 3 heterocycles. The molecule has 2 fully saturated rings. The first-order valence-corrected chi connectivity index (χ1v) is 13.1. The van der Waals surface area contributed by atoms with E-state index in [1.54, 1.807) is 36.2 Å². The van der Waals surface area contributed by atoms with Crippen molar-refractivity contribution in [1.29, 1.82) is 5.26 Å². The van der Waals surface area contributed by atoms with Crippen LogP contribution < -0.4 is 5.32 Å². The third-order valence-corrected chi connectivity index (χ3v) is 10.1. The summed E-state index contributed by atoms with van der Waals surface area (Å²) >= 11 is 0. The Balaban J connectivity index is 1.28. The summed E-state index contributed by atoms with van der Waals surface area (Å²) in [5.41, 5.74) is 2.79. The van der Waals surface area contributed by atoms with E-state index in [2.05, 4.69) is 23.4 Å². The second kappa shape index (κ2) is 8.88. The molecule has 9 nitrogen and oxygen atoms in total. The van der Waals surface area contributed by atoms with Crippen molar-refractivity contribution in [1.82, 2.24) is 20.0 Å². The summed E-state index contributed by atoms with van der Waals surface area (Å²) in [6.45, 7) is 4.34. The third kappa shape index (κ3) is 4.06. The Morgan fingerprint density at radius 1 is 1.26 bits per heavy atom. The highest BCUT2D eigenvalue weighted by atomic mass is 32.2. The van der Waals surface area contributed by atoms with Crippen LogP contribution in [0.25, 0.3) is 0 Å². The van der Waals surface area contributed by atoms with Gasteiger partial charge in [-0.25, -0.2) is 0 Å². The van der Waals surface area contributed by atoms with Gasteiger partial charge in [-0.05, 0) is 43.4 Å². The van der Waals surface area contributed by atoms with Gasteiger partial charge in [0.1, 0.15) is 5.69 Å². The second-order valence-electron chi connectivity index (χ2n) is 9.75. The minimum atomic E-state index is -1.06. The van der Waals surface area contributed by atoms with E-state index in [-0.39, 0.29) is 27.0 Å². The molecule has 1 saturated carbocycles. The number of rotatable bonds is 8. The van der Waals surface area contributed by atoms with Crippen LogP contribution in [0.2, 0.25) is 0 Å². The van der Waals surface area contributed by atoms with Gasteiger partial charge in [0.05, 0.1) is 34.3 Å². The van der Waals surface area contributed by atoms with Crippen molar-refractivity contribution < 1.29 is 18.5 Å². The maximum atomic E-state index is 13.5. The molecule has 1 aromatic heterocycles. The maximum Gasteiger partial charge on any atom is 0.272 e. The lowest BCUT2D eigenvalue weighted by Crippen LogP contribution is -2.58. The summed E-state index contributed by atoms with van der Waals surface area (Å²) in [5, 5.41) is 16.2. The highest BCUT2D eigenvalue weighted by Gasteiger charge is 2.59. The fourth-order valence-electron chi connectivity index (χ4n) is 4.99. The van der Waals surface area contributed by atoms with Crippen LogP contribution in [0.1, 0.15) is 63.9 Å². The molecule has 1 saturated heterocycles. The molecule has 1 aliphatic carbocycles. The van der Waals surface area contributed by atoms with Gasteiger partial charge in [0, 0.05) is 43.0 Å². The number of fused-ring (bicyclic) bond motifs is 1. The molecule has 0 bridgehead atoms. The number of benzene rings is 1. The molecular weight excluding hydrogens is 466 g/mol. The first-order chi connectivity index (χ1) is 16.8. The van der Waals surface area contributed by atoms with E-state index < -0.39 is 10.8 Å². The normalized spacial score (nSPS) is 20.4. The van der Waals surface area contributed by atoms with Crippen LogP contribution in [0, 0.1) is 11.3 Å². The topological polar surface area (TPSA) is 117 Å². The van der Waals surface area contributed by atoms with Crippen molar-refractivity contribution in [2.75, 3.05) is 26.3 Å². The van der Waals surface area contributed by atoms with E-state index in [4.69, 9.17) is 10.00 Å². The molecule has 1 unspecified atom stereocenters. The van der Waals surface area contributed by atoms with Gasteiger partial charge in [-0.1, -0.05) is 19.1 Å². The lowest BCUT2D eigenvalue weighted by atomic mass is 10.0. The number of nitriles is 1. The Hall–Kier alpha value is -3.03. The van der Waals surface area contributed by atoms with Crippen LogP contribution in [0.4, 0.5) is 0 Å². The Morgan fingerprint density at radius 2 is 1.97 bits per heavy atom. The standard InChI is InChI=1S/C25H29N5O4S/c1-3-24(15-34-16-24)35(33)25(9-10-25)14-30-11-8-19-20(28-29(2)21(19)23(30)32)22(31)27-13-18-6-4-17(12-26)5-7-18/h4-7H,3,8-11,13-16H2,1-2H3,(H,27,31). The molecule has 2 aliphatic heterocycles. The fourth-order valence-corrected chi connectivity index (χ4v) is 7.29. The average Bonchev–Trinajstić information content (AvgIpc) is 3.54. The summed E-state index contributed by atoms with van der Waals surface area (Å²) in [7, 11) is 0.617. The number of hydrogen-bond donors (Lipinski definition) is 1. The predicted molar refractivity (Wildman–Crippen MR) is 129 cm³/mol. The number of aromatic nitrogens is 2. The number of carbonyl (C=O) groups is 2. The van der Waals surface area contributed by atoms with Gasteiger partial charge in [0.2, 0.25) is 0 Å². The summed E-state index contributed by atoms with van der Waals surface area (Å²) < 4.78 is 19.7. The molecule has 0 radical (unpaired) electrons. The molecule has 2 aromatic rings. The maximum absolute atomic E-state index is 13.5. The van der Waals surface area contributed by atoms with Crippen molar-refractivity contribution in [3.63, 3.8) is 0 Å². The molecular formula is C25H29N5O4S. The Kier molecular flexibility index (Phi) is 6.01. The van der Waals surface area contributed by atoms with Crippen LogP contribution in [-0.2, 0) is 35.5 Å². The zero-order valence-corrected chi connectivity index (χ0v) is 20.8. The highest BCUT2D eigenvalue weighted by Crippen LogP contribution is 2.49. The minimum absolute atomic E-state index is 0.161. The number of hydrogen-bond acceptors (Lipinski definition) is 6. The molecule has 3 aliphatic rings. The number of carbonyl (C=O) groups excluding carboxylic acids is 2. The lowest BCUT2D eigenvalue weighted by Gasteiger charge is -2.43. The van der Waals surface area contributed by atoms with Crippen LogP contribution in [-0.4, -0.2) is 66.5 Å². The predicted octanol–water partition coefficient (Wildman–Crippen LogP) is 1.68. The second-order valence-corrected chi connectivity index (χ2v) is 12.0. The van der Waals surface area contributed by atoms with Crippen LogP contribution in [0.5, 0.6) is 0 Å². The Morgan fingerprint density at radius 3 is 2.54 bits per heavy atom. The molecule has 1 atom stereocenters.